The van der Waals surface area contributed by atoms with Crippen molar-refractivity contribution in [3.63, 3.8) is 0 Å². The van der Waals surface area contributed by atoms with Crippen molar-refractivity contribution in [3.05, 3.63) is 21.7 Å². The van der Waals surface area contributed by atoms with E-state index >= 15 is 0 Å². The second-order valence-corrected chi connectivity index (χ2v) is 6.07. The predicted molar refractivity (Wildman–Crippen MR) is 102 cm³/mol. The van der Waals surface area contributed by atoms with Gasteiger partial charge in [0, 0.05) is 30.8 Å². The van der Waals surface area contributed by atoms with Crippen LogP contribution in [0.4, 0.5) is 5.82 Å². The summed E-state index contributed by atoms with van der Waals surface area (Å²) < 4.78 is 0. The maximum absolute atomic E-state index is 12.3. The minimum absolute atomic E-state index is 0.210. The highest BCUT2D eigenvalue weighted by molar-refractivity contribution is 6.00. The monoisotopic (exact) mass is 335 g/mol. The number of anilines is 1. The Bertz CT molecular complexity index is 571. The molecular weight excluding hydrogens is 302 g/mol. The lowest BCUT2D eigenvalue weighted by molar-refractivity contribution is 0.429. The average Bonchev–Trinajstić information content (AvgIpc) is 2.47. The lowest BCUT2D eigenvalue weighted by atomic mass is 10.0. The van der Waals surface area contributed by atoms with E-state index in [4.69, 9.17) is 5.41 Å². The first-order valence-corrected chi connectivity index (χ1v) is 9.23. The van der Waals surface area contributed by atoms with E-state index in [9.17, 15) is 4.79 Å². The molecule has 0 aliphatic carbocycles. The lowest BCUT2D eigenvalue weighted by Crippen LogP contribution is -2.42. The summed E-state index contributed by atoms with van der Waals surface area (Å²) in [7, 11) is 0. The number of nitrogens with zero attached hydrogens (tertiary/aromatic N) is 1. The first-order chi connectivity index (χ1) is 11.6. The molecule has 1 fully saturated rings. The molecular formula is C18H33N5O. The van der Waals surface area contributed by atoms with E-state index in [1.807, 2.05) is 13.8 Å². The van der Waals surface area contributed by atoms with Gasteiger partial charge in [-0.05, 0) is 19.8 Å². The van der Waals surface area contributed by atoms with Gasteiger partial charge < -0.3 is 21.0 Å². The Labute approximate surface area is 145 Å². The molecule has 4 N–H and O–H groups in total. The lowest BCUT2D eigenvalue weighted by Gasteiger charge is -2.27. The molecule has 1 aromatic rings. The first-order valence-electron chi connectivity index (χ1n) is 9.23. The van der Waals surface area contributed by atoms with E-state index in [1.165, 1.54) is 0 Å². The minimum atomic E-state index is -0.210. The van der Waals surface area contributed by atoms with Crippen LogP contribution in [0, 0.1) is 5.41 Å². The van der Waals surface area contributed by atoms with E-state index < -0.39 is 0 Å². The molecule has 6 heteroatoms. The molecule has 0 atom stereocenters. The van der Waals surface area contributed by atoms with Crippen molar-refractivity contribution in [2.75, 3.05) is 18.4 Å². The molecule has 1 aromatic heterocycles. The zero-order valence-electron chi connectivity index (χ0n) is 15.8. The smallest absolute Gasteiger partial charge is 0.262 e. The van der Waals surface area contributed by atoms with Crippen molar-refractivity contribution >= 4 is 11.5 Å². The topological polar surface area (TPSA) is 93.7 Å². The molecule has 0 aromatic carbocycles. The fourth-order valence-electron chi connectivity index (χ4n) is 2.80. The van der Waals surface area contributed by atoms with Crippen molar-refractivity contribution < 1.29 is 0 Å². The summed E-state index contributed by atoms with van der Waals surface area (Å²) in [5.41, 5.74) is 0.410. The van der Waals surface area contributed by atoms with Crippen molar-refractivity contribution in [3.8, 4) is 0 Å². The van der Waals surface area contributed by atoms with E-state index in [1.54, 1.807) is 6.92 Å². The van der Waals surface area contributed by atoms with Crippen LogP contribution in [-0.4, -0.2) is 34.8 Å². The molecule has 1 saturated heterocycles. The Balaban J connectivity index is 0.00000139. The average molecular weight is 335 g/mol. The van der Waals surface area contributed by atoms with Crippen LogP contribution in [0.25, 0.3) is 0 Å². The van der Waals surface area contributed by atoms with Crippen LogP contribution in [0.15, 0.2) is 4.79 Å². The Morgan fingerprint density at radius 3 is 2.29 bits per heavy atom. The maximum Gasteiger partial charge on any atom is 0.262 e. The SMILES string of the molecule is CC.CCCC(CCC)Nc1nc(C2CNC2)[nH]c(=O)c1C(C)=N. The van der Waals surface area contributed by atoms with Crippen molar-refractivity contribution in [2.24, 2.45) is 0 Å². The van der Waals surface area contributed by atoms with E-state index in [0.717, 1.165) is 44.6 Å². The highest BCUT2D eigenvalue weighted by Crippen LogP contribution is 2.20. The van der Waals surface area contributed by atoms with Crippen molar-refractivity contribution in [1.82, 2.24) is 15.3 Å². The Hall–Kier alpha value is -1.69. The molecule has 0 unspecified atom stereocenters. The third kappa shape index (κ3) is 5.16. The third-order valence-electron chi connectivity index (χ3n) is 4.10. The Kier molecular flexibility index (Phi) is 8.68. The van der Waals surface area contributed by atoms with Crippen LogP contribution < -0.4 is 16.2 Å². The Morgan fingerprint density at radius 2 is 1.88 bits per heavy atom. The molecule has 2 rings (SSSR count). The second kappa shape index (κ2) is 10.2. The summed E-state index contributed by atoms with van der Waals surface area (Å²) in [4.78, 5) is 19.8. The molecule has 1 aliphatic rings. The number of rotatable bonds is 8. The molecule has 0 radical (unpaired) electrons. The summed E-state index contributed by atoms with van der Waals surface area (Å²) in [6, 6.07) is 0.301. The summed E-state index contributed by atoms with van der Waals surface area (Å²) in [6.07, 6.45) is 4.25. The minimum Gasteiger partial charge on any atom is -0.367 e. The predicted octanol–water partition coefficient (Wildman–Crippen LogP) is 3.25. The van der Waals surface area contributed by atoms with Crippen LogP contribution in [0.3, 0.4) is 0 Å². The van der Waals surface area contributed by atoms with Gasteiger partial charge in [0.05, 0.1) is 0 Å². The highest BCUT2D eigenvalue weighted by atomic mass is 16.1. The molecule has 0 bridgehead atoms. The fraction of sp³-hybridized carbons (Fsp3) is 0.722. The van der Waals surface area contributed by atoms with E-state index in [-0.39, 0.29) is 17.2 Å². The molecule has 24 heavy (non-hydrogen) atoms. The number of aromatic amines is 1. The molecule has 6 nitrogen and oxygen atoms in total. The first kappa shape index (κ1) is 20.4. The van der Waals surface area contributed by atoms with Gasteiger partial charge in [0.15, 0.2) is 0 Å². The molecule has 136 valence electrons. The molecule has 0 saturated carbocycles. The number of hydrogen-bond donors (Lipinski definition) is 4. The maximum atomic E-state index is 12.3. The van der Waals surface area contributed by atoms with Gasteiger partial charge in [-0.2, -0.15) is 0 Å². The summed E-state index contributed by atoms with van der Waals surface area (Å²) in [5, 5.41) is 14.5. The quantitative estimate of drug-likeness (QED) is 0.549. The number of nitrogens with one attached hydrogen (secondary N) is 4. The summed E-state index contributed by atoms with van der Waals surface area (Å²) in [5.74, 6) is 1.57. The summed E-state index contributed by atoms with van der Waals surface area (Å²) >= 11 is 0. The van der Waals surface area contributed by atoms with Crippen LogP contribution in [0.2, 0.25) is 0 Å². The van der Waals surface area contributed by atoms with Gasteiger partial charge in [0.2, 0.25) is 0 Å². The van der Waals surface area contributed by atoms with Gasteiger partial charge >= 0.3 is 0 Å². The fourth-order valence-corrected chi connectivity index (χ4v) is 2.80. The van der Waals surface area contributed by atoms with Gasteiger partial charge in [-0.3, -0.25) is 4.79 Å². The number of aromatic nitrogens is 2. The van der Waals surface area contributed by atoms with Crippen molar-refractivity contribution in [1.29, 1.82) is 5.41 Å². The van der Waals surface area contributed by atoms with Gasteiger partial charge in [0.1, 0.15) is 17.2 Å². The van der Waals surface area contributed by atoms with Crippen molar-refractivity contribution in [2.45, 2.75) is 72.3 Å². The molecule has 0 amide bonds. The van der Waals surface area contributed by atoms with Crippen LogP contribution >= 0.6 is 0 Å². The van der Waals surface area contributed by atoms with E-state index in [2.05, 4.69) is 34.4 Å². The van der Waals surface area contributed by atoms with Crippen LogP contribution in [0.5, 0.6) is 0 Å². The number of hydrogen-bond acceptors (Lipinski definition) is 5. The largest absolute Gasteiger partial charge is 0.367 e. The van der Waals surface area contributed by atoms with Gasteiger partial charge in [-0.15, -0.1) is 0 Å². The zero-order valence-corrected chi connectivity index (χ0v) is 15.8. The normalized spacial score (nSPS) is 13.9. The molecule has 1 aliphatic heterocycles. The van der Waals surface area contributed by atoms with Crippen LogP contribution in [0.1, 0.15) is 77.6 Å². The van der Waals surface area contributed by atoms with Gasteiger partial charge in [-0.25, -0.2) is 4.98 Å². The molecule has 0 spiro atoms. The number of H-pyrrole nitrogens is 1. The second-order valence-electron chi connectivity index (χ2n) is 6.07. The van der Waals surface area contributed by atoms with Crippen LogP contribution in [-0.2, 0) is 0 Å². The standard InChI is InChI=1S/C16H27N5O.C2H6/c1-4-6-12(7-5-2)19-15-13(10(3)17)16(22)21-14(20-15)11-8-18-9-11;1-2/h11-12,17-18H,4-9H2,1-3H3,(H2,19,20,21,22);1-2H3. The van der Waals surface area contributed by atoms with E-state index in [0.29, 0.717) is 17.4 Å². The third-order valence-corrected chi connectivity index (χ3v) is 4.10. The van der Waals surface area contributed by atoms with Gasteiger partial charge in [-0.1, -0.05) is 40.5 Å². The zero-order chi connectivity index (χ0) is 18.1. The Morgan fingerprint density at radius 1 is 1.29 bits per heavy atom. The molecule has 2 heterocycles. The highest BCUT2D eigenvalue weighted by Gasteiger charge is 2.24. The summed E-state index contributed by atoms with van der Waals surface area (Å²) in [6.45, 7) is 11.6. The van der Waals surface area contributed by atoms with Gasteiger partial charge in [0.25, 0.3) is 5.56 Å².